The van der Waals surface area contributed by atoms with Crippen LogP contribution in [0.15, 0.2) is 51.1 Å². The van der Waals surface area contributed by atoms with Crippen LogP contribution in [0.3, 0.4) is 0 Å². The van der Waals surface area contributed by atoms with E-state index in [2.05, 4.69) is 43.6 Å². The quantitative estimate of drug-likeness (QED) is 0.723. The minimum absolute atomic E-state index is 0.0360. The van der Waals surface area contributed by atoms with Gasteiger partial charge < -0.3 is 4.90 Å². The SMILES string of the molecule is C[C@H](NS(=O)(=O)c1ccc(Br)cc1)[C@H](c1cccs1)N1CCN(C)CC1. The maximum atomic E-state index is 12.8. The van der Waals surface area contributed by atoms with E-state index in [1.54, 1.807) is 35.6 Å². The first-order chi connectivity index (χ1) is 12.4. The number of rotatable bonds is 6. The van der Waals surface area contributed by atoms with Gasteiger partial charge in [0.2, 0.25) is 10.0 Å². The van der Waals surface area contributed by atoms with E-state index in [1.807, 2.05) is 18.4 Å². The first kappa shape index (κ1) is 20.0. The number of likely N-dealkylation sites (N-methyl/N-ethyl adjacent to an activating group) is 1. The molecule has 1 aliphatic rings. The van der Waals surface area contributed by atoms with E-state index in [9.17, 15) is 8.42 Å². The van der Waals surface area contributed by atoms with Crippen molar-refractivity contribution in [3.8, 4) is 0 Å². The van der Waals surface area contributed by atoms with Gasteiger partial charge in [-0.15, -0.1) is 11.3 Å². The van der Waals surface area contributed by atoms with Crippen LogP contribution in [-0.4, -0.2) is 57.5 Å². The monoisotopic (exact) mass is 457 g/mol. The normalized spacial score (nSPS) is 19.3. The van der Waals surface area contributed by atoms with Gasteiger partial charge in [-0.1, -0.05) is 22.0 Å². The maximum Gasteiger partial charge on any atom is 0.240 e. The molecule has 1 aromatic carbocycles. The van der Waals surface area contributed by atoms with Gasteiger partial charge in [-0.3, -0.25) is 4.90 Å². The molecule has 0 radical (unpaired) electrons. The maximum absolute atomic E-state index is 12.8. The summed E-state index contributed by atoms with van der Waals surface area (Å²) in [5, 5.41) is 2.05. The Kier molecular flexibility index (Phi) is 6.53. The van der Waals surface area contributed by atoms with E-state index >= 15 is 0 Å². The van der Waals surface area contributed by atoms with Crippen molar-refractivity contribution in [1.82, 2.24) is 14.5 Å². The Morgan fingerprint density at radius 2 is 1.77 bits per heavy atom. The van der Waals surface area contributed by atoms with E-state index in [-0.39, 0.29) is 17.0 Å². The minimum atomic E-state index is -3.57. The molecule has 3 rings (SSSR count). The third-order valence-electron chi connectivity index (χ3n) is 4.70. The average molecular weight is 458 g/mol. The molecule has 0 bridgehead atoms. The smallest absolute Gasteiger partial charge is 0.240 e. The zero-order valence-corrected chi connectivity index (χ0v) is 18.1. The first-order valence-corrected chi connectivity index (χ1v) is 11.8. The van der Waals surface area contributed by atoms with Crippen molar-refractivity contribution in [2.45, 2.75) is 23.9 Å². The zero-order chi connectivity index (χ0) is 18.7. The van der Waals surface area contributed by atoms with Crippen LogP contribution in [0.25, 0.3) is 0 Å². The van der Waals surface area contributed by atoms with Crippen molar-refractivity contribution < 1.29 is 8.42 Å². The zero-order valence-electron chi connectivity index (χ0n) is 14.9. The molecule has 5 nitrogen and oxygen atoms in total. The lowest BCUT2D eigenvalue weighted by atomic mass is 10.1. The summed E-state index contributed by atoms with van der Waals surface area (Å²) in [6.45, 7) is 5.81. The summed E-state index contributed by atoms with van der Waals surface area (Å²) in [4.78, 5) is 6.18. The average Bonchev–Trinajstić information content (AvgIpc) is 3.11. The molecule has 26 heavy (non-hydrogen) atoms. The van der Waals surface area contributed by atoms with E-state index < -0.39 is 10.0 Å². The molecule has 8 heteroatoms. The van der Waals surface area contributed by atoms with Gasteiger partial charge in [0.1, 0.15) is 0 Å². The number of hydrogen-bond donors (Lipinski definition) is 1. The number of benzene rings is 1. The molecule has 0 unspecified atom stereocenters. The molecule has 1 aromatic heterocycles. The molecule has 0 amide bonds. The Bertz CT molecular complexity index is 801. The number of thiophene rings is 1. The summed E-state index contributed by atoms with van der Waals surface area (Å²) in [7, 11) is -1.44. The second kappa shape index (κ2) is 8.50. The van der Waals surface area contributed by atoms with E-state index in [0.29, 0.717) is 0 Å². The highest BCUT2D eigenvalue weighted by molar-refractivity contribution is 9.10. The van der Waals surface area contributed by atoms with Gasteiger partial charge in [0.05, 0.1) is 10.9 Å². The molecule has 2 aromatic rings. The highest BCUT2D eigenvalue weighted by atomic mass is 79.9. The van der Waals surface area contributed by atoms with Crippen LogP contribution in [-0.2, 0) is 10.0 Å². The van der Waals surface area contributed by atoms with Crippen molar-refractivity contribution in [2.24, 2.45) is 0 Å². The van der Waals surface area contributed by atoms with Crippen molar-refractivity contribution in [3.05, 3.63) is 51.1 Å². The summed E-state index contributed by atoms with van der Waals surface area (Å²) in [6.07, 6.45) is 0. The van der Waals surface area contributed by atoms with Crippen molar-refractivity contribution >= 4 is 37.3 Å². The molecule has 2 atom stereocenters. The molecule has 2 heterocycles. The van der Waals surface area contributed by atoms with Gasteiger partial charge in [0, 0.05) is 41.6 Å². The fraction of sp³-hybridized carbons (Fsp3) is 0.444. The Hall–Kier alpha value is -0.770. The third-order valence-corrected chi connectivity index (χ3v) is 7.75. The fourth-order valence-electron chi connectivity index (χ4n) is 3.29. The number of piperazine rings is 1. The van der Waals surface area contributed by atoms with Crippen LogP contribution in [0.4, 0.5) is 0 Å². The highest BCUT2D eigenvalue weighted by Crippen LogP contribution is 2.30. The summed E-state index contributed by atoms with van der Waals surface area (Å²) in [5.41, 5.74) is 0. The van der Waals surface area contributed by atoms with Crippen LogP contribution in [0, 0.1) is 0 Å². The lowest BCUT2D eigenvalue weighted by Crippen LogP contribution is -2.51. The van der Waals surface area contributed by atoms with Crippen LogP contribution < -0.4 is 4.72 Å². The lowest BCUT2D eigenvalue weighted by molar-refractivity contribution is 0.0994. The Balaban J connectivity index is 1.81. The van der Waals surface area contributed by atoms with Gasteiger partial charge in [-0.2, -0.15) is 0 Å². The Morgan fingerprint density at radius 1 is 1.12 bits per heavy atom. The second-order valence-electron chi connectivity index (χ2n) is 6.66. The molecule has 1 aliphatic heterocycles. The topological polar surface area (TPSA) is 52.7 Å². The van der Waals surface area contributed by atoms with Crippen molar-refractivity contribution in [2.75, 3.05) is 33.2 Å². The van der Waals surface area contributed by atoms with Crippen molar-refractivity contribution in [3.63, 3.8) is 0 Å². The largest absolute Gasteiger partial charge is 0.304 e. The molecule has 0 saturated carbocycles. The van der Waals surface area contributed by atoms with Crippen LogP contribution >= 0.6 is 27.3 Å². The van der Waals surface area contributed by atoms with Crippen LogP contribution in [0.5, 0.6) is 0 Å². The number of sulfonamides is 1. The van der Waals surface area contributed by atoms with Gasteiger partial charge in [-0.05, 0) is 49.7 Å². The third kappa shape index (κ3) is 4.74. The number of nitrogens with one attached hydrogen (secondary N) is 1. The predicted molar refractivity (Wildman–Crippen MR) is 110 cm³/mol. The highest BCUT2D eigenvalue weighted by Gasteiger charge is 2.31. The Morgan fingerprint density at radius 3 is 2.35 bits per heavy atom. The van der Waals surface area contributed by atoms with E-state index in [0.717, 1.165) is 30.7 Å². The fourth-order valence-corrected chi connectivity index (χ4v) is 5.77. The minimum Gasteiger partial charge on any atom is -0.304 e. The van der Waals surface area contributed by atoms with Crippen LogP contribution in [0.1, 0.15) is 17.8 Å². The van der Waals surface area contributed by atoms with Crippen molar-refractivity contribution in [1.29, 1.82) is 0 Å². The number of halogens is 1. The molecular formula is C18H24BrN3O2S2. The lowest BCUT2D eigenvalue weighted by Gasteiger charge is -2.40. The van der Waals surface area contributed by atoms with Crippen LogP contribution in [0.2, 0.25) is 0 Å². The molecule has 0 spiro atoms. The molecular weight excluding hydrogens is 434 g/mol. The van der Waals surface area contributed by atoms with Gasteiger partial charge in [0.25, 0.3) is 0 Å². The summed E-state index contributed by atoms with van der Waals surface area (Å²) >= 11 is 5.03. The Labute approximate surface area is 168 Å². The van der Waals surface area contributed by atoms with Gasteiger partial charge in [-0.25, -0.2) is 13.1 Å². The molecule has 1 saturated heterocycles. The summed E-state index contributed by atoms with van der Waals surface area (Å²) in [6, 6.07) is 10.7. The predicted octanol–water partition coefficient (Wildman–Crippen LogP) is 3.17. The van der Waals surface area contributed by atoms with Gasteiger partial charge in [0.15, 0.2) is 0 Å². The molecule has 1 fully saturated rings. The first-order valence-electron chi connectivity index (χ1n) is 8.61. The van der Waals surface area contributed by atoms with E-state index in [4.69, 9.17) is 0 Å². The summed E-state index contributed by atoms with van der Waals surface area (Å²) < 4.78 is 29.4. The molecule has 0 aliphatic carbocycles. The number of nitrogens with zero attached hydrogens (tertiary/aromatic N) is 2. The molecule has 1 N–H and O–H groups in total. The second-order valence-corrected chi connectivity index (χ2v) is 10.3. The van der Waals surface area contributed by atoms with Gasteiger partial charge >= 0.3 is 0 Å². The standard InChI is InChI=1S/C18H24BrN3O2S2/c1-14(20-26(23,24)16-7-5-15(19)6-8-16)18(17-4-3-13-25-17)22-11-9-21(2)10-12-22/h3-8,13-14,18,20H,9-12H2,1-2H3/t14-,18+/m0/s1. The summed E-state index contributed by atoms with van der Waals surface area (Å²) in [5.74, 6) is 0. The number of hydrogen-bond acceptors (Lipinski definition) is 5. The molecule has 142 valence electrons. The van der Waals surface area contributed by atoms with E-state index in [1.165, 1.54) is 4.88 Å².